The van der Waals surface area contributed by atoms with Gasteiger partial charge in [-0.25, -0.2) is 0 Å². The number of rotatable bonds is 1. The molecule has 126 valence electrons. The molecule has 0 spiro atoms. The van der Waals surface area contributed by atoms with E-state index >= 15 is 0 Å². The number of H-pyrrole nitrogens is 1. The molecule has 4 aliphatic rings. The molecule has 5 atom stereocenters. The number of aromatic hydroxyl groups is 1. The molecule has 5 heterocycles. The average molecular weight is 326 g/mol. The number of aromatic amines is 1. The van der Waals surface area contributed by atoms with Gasteiger partial charge in [0.1, 0.15) is 5.75 Å². The summed E-state index contributed by atoms with van der Waals surface area (Å²) in [5.74, 6) is 0.623. The Hall–Kier alpha value is -1.82. The number of phenolic OH excluding ortho intramolecular Hbond substituents is 1. The Balaban J connectivity index is 1.74. The average Bonchev–Trinajstić information content (AvgIpc) is 2.93. The quantitative estimate of drug-likeness (QED) is 0.603. The number of nitrogens with one attached hydrogen (secondary N) is 1. The van der Waals surface area contributed by atoms with Crippen molar-refractivity contribution >= 4 is 10.9 Å². The summed E-state index contributed by atoms with van der Waals surface area (Å²) in [6, 6.07) is 5.44. The van der Waals surface area contributed by atoms with Gasteiger partial charge in [-0.15, -0.1) is 0 Å². The lowest BCUT2D eigenvalue weighted by molar-refractivity contribution is -0.221. The molecule has 0 aliphatic carbocycles. The van der Waals surface area contributed by atoms with Crippen molar-refractivity contribution in [1.82, 2.24) is 9.88 Å². The summed E-state index contributed by atoms with van der Waals surface area (Å²) in [6.07, 6.45) is 3.54. The Labute approximate surface area is 140 Å². The number of aliphatic hydroxyl groups excluding tert-OH is 1. The first-order valence-corrected chi connectivity index (χ1v) is 8.66. The van der Waals surface area contributed by atoms with Crippen molar-refractivity contribution in [1.29, 1.82) is 0 Å². The number of allylic oxidation sites excluding steroid dienone is 1. The highest BCUT2D eigenvalue weighted by molar-refractivity contribution is 5.86. The van der Waals surface area contributed by atoms with E-state index in [9.17, 15) is 15.3 Å². The smallest absolute Gasteiger partial charge is 0.160 e. The molecular weight excluding hydrogens is 304 g/mol. The van der Waals surface area contributed by atoms with E-state index in [-0.39, 0.29) is 30.2 Å². The Morgan fingerprint density at radius 1 is 1.42 bits per heavy atom. The van der Waals surface area contributed by atoms with Crippen LogP contribution in [0.5, 0.6) is 5.75 Å². The van der Waals surface area contributed by atoms with E-state index in [1.165, 1.54) is 5.57 Å². The summed E-state index contributed by atoms with van der Waals surface area (Å²) in [7, 11) is 0. The van der Waals surface area contributed by atoms with E-state index < -0.39 is 5.72 Å². The lowest BCUT2D eigenvalue weighted by Crippen LogP contribution is -2.69. The number of hydrogen-bond donors (Lipinski definition) is 4. The molecule has 1 aromatic carbocycles. The molecule has 6 rings (SSSR count). The van der Waals surface area contributed by atoms with Crippen LogP contribution in [0.1, 0.15) is 24.6 Å². The van der Waals surface area contributed by atoms with Gasteiger partial charge in [0.25, 0.3) is 0 Å². The third-order valence-electron chi connectivity index (χ3n) is 6.51. The Morgan fingerprint density at radius 3 is 3.00 bits per heavy atom. The van der Waals surface area contributed by atoms with Gasteiger partial charge in [-0.2, -0.15) is 0 Å². The molecule has 0 amide bonds. The fourth-order valence-corrected chi connectivity index (χ4v) is 5.38. The maximum Gasteiger partial charge on any atom is 0.160 e. The van der Waals surface area contributed by atoms with E-state index in [2.05, 4.69) is 16.0 Å². The first-order valence-electron chi connectivity index (χ1n) is 8.66. The van der Waals surface area contributed by atoms with Crippen molar-refractivity contribution in [3.8, 4) is 5.75 Å². The predicted molar refractivity (Wildman–Crippen MR) is 90.5 cm³/mol. The largest absolute Gasteiger partial charge is 0.508 e. The lowest BCUT2D eigenvalue weighted by atomic mass is 9.63. The maximum absolute atomic E-state index is 11.6. The summed E-state index contributed by atoms with van der Waals surface area (Å²) in [6.45, 7) is 2.95. The van der Waals surface area contributed by atoms with Gasteiger partial charge in [-0.05, 0) is 43.0 Å². The van der Waals surface area contributed by atoms with Crippen LogP contribution in [0.25, 0.3) is 10.9 Å². The van der Waals surface area contributed by atoms with Crippen molar-refractivity contribution < 1.29 is 15.3 Å². The van der Waals surface area contributed by atoms with Crippen LogP contribution in [0.15, 0.2) is 29.8 Å². The van der Waals surface area contributed by atoms with Gasteiger partial charge in [0.2, 0.25) is 0 Å². The van der Waals surface area contributed by atoms with E-state index in [0.29, 0.717) is 6.42 Å². The first kappa shape index (κ1) is 14.5. The number of piperidine rings is 3. The van der Waals surface area contributed by atoms with Gasteiger partial charge in [-0.1, -0.05) is 11.6 Å². The van der Waals surface area contributed by atoms with Crippen LogP contribution >= 0.6 is 0 Å². The molecule has 5 heteroatoms. The van der Waals surface area contributed by atoms with Crippen molar-refractivity contribution in [2.45, 2.75) is 31.5 Å². The Morgan fingerprint density at radius 2 is 2.25 bits per heavy atom. The molecule has 4 N–H and O–H groups in total. The van der Waals surface area contributed by atoms with Gasteiger partial charge in [0.15, 0.2) is 5.72 Å². The normalized spacial score (nSPS) is 38.7. The highest BCUT2D eigenvalue weighted by Crippen LogP contribution is 2.56. The summed E-state index contributed by atoms with van der Waals surface area (Å²) in [4.78, 5) is 5.57. The van der Waals surface area contributed by atoms with Crippen molar-refractivity contribution in [2.75, 3.05) is 13.2 Å². The molecule has 3 fully saturated rings. The fraction of sp³-hybridized carbons (Fsp3) is 0.474. The lowest BCUT2D eigenvalue weighted by Gasteiger charge is -2.61. The minimum Gasteiger partial charge on any atom is -0.508 e. The minimum atomic E-state index is -1.00. The zero-order valence-corrected chi connectivity index (χ0v) is 13.7. The summed E-state index contributed by atoms with van der Waals surface area (Å²) in [5.41, 5.74) is 3.23. The second-order valence-corrected chi connectivity index (χ2v) is 7.45. The molecule has 4 aliphatic heterocycles. The predicted octanol–water partition coefficient (Wildman–Crippen LogP) is 1.83. The molecule has 2 aromatic rings. The van der Waals surface area contributed by atoms with Gasteiger partial charge in [0, 0.05) is 42.4 Å². The number of nitrogens with zero attached hydrogens (tertiary/aromatic N) is 1. The maximum atomic E-state index is 11.6. The molecule has 2 unspecified atom stereocenters. The Kier molecular flexibility index (Phi) is 2.80. The molecule has 3 saturated heterocycles. The molecule has 1 aromatic heterocycles. The SMILES string of the molecule is C/C=C1/CN2[C@H]3Cc4c([nH]c5ccc(O)cc45)[C@]2(O)C[C@@H]1C3CO. The molecule has 4 bridgehead atoms. The van der Waals surface area contributed by atoms with Crippen LogP contribution in [-0.2, 0) is 12.1 Å². The van der Waals surface area contributed by atoms with Crippen molar-refractivity contribution in [3.05, 3.63) is 41.1 Å². The zero-order valence-electron chi connectivity index (χ0n) is 13.7. The standard InChI is InChI=1S/C19H22N2O3/c1-2-10-8-21-17-6-13-12-5-11(23)3-4-16(12)20-18(13)19(21,24)7-14(10)15(17)9-22/h2-5,14-15,17,20,22-24H,6-9H2,1H3/b10-2-/t14-,15?,17-,19+/m0/s1. The third kappa shape index (κ3) is 1.60. The topological polar surface area (TPSA) is 79.7 Å². The minimum absolute atomic E-state index is 0.135. The number of hydrogen-bond acceptors (Lipinski definition) is 4. The highest BCUT2D eigenvalue weighted by Gasteiger charge is 2.59. The van der Waals surface area contributed by atoms with Gasteiger partial charge >= 0.3 is 0 Å². The summed E-state index contributed by atoms with van der Waals surface area (Å²) < 4.78 is 0. The van der Waals surface area contributed by atoms with Crippen molar-refractivity contribution in [2.24, 2.45) is 11.8 Å². The van der Waals surface area contributed by atoms with Crippen LogP contribution < -0.4 is 0 Å². The van der Waals surface area contributed by atoms with Crippen molar-refractivity contribution in [3.63, 3.8) is 0 Å². The molecule has 24 heavy (non-hydrogen) atoms. The third-order valence-corrected chi connectivity index (χ3v) is 6.51. The van der Waals surface area contributed by atoms with Gasteiger partial charge in [0.05, 0.1) is 5.69 Å². The second-order valence-electron chi connectivity index (χ2n) is 7.45. The Bertz CT molecular complexity index is 871. The summed E-state index contributed by atoms with van der Waals surface area (Å²) >= 11 is 0. The van der Waals surface area contributed by atoms with Crippen LogP contribution in [0.2, 0.25) is 0 Å². The number of phenols is 1. The van der Waals surface area contributed by atoms with Crippen LogP contribution in [-0.4, -0.2) is 44.4 Å². The van der Waals surface area contributed by atoms with E-state index in [1.54, 1.807) is 12.1 Å². The molecule has 5 nitrogen and oxygen atoms in total. The van der Waals surface area contributed by atoms with E-state index in [0.717, 1.165) is 35.1 Å². The number of aliphatic hydroxyl groups is 2. The fourth-order valence-electron chi connectivity index (χ4n) is 5.38. The monoisotopic (exact) mass is 326 g/mol. The number of fused-ring (bicyclic) bond motifs is 4. The van der Waals surface area contributed by atoms with Gasteiger partial charge < -0.3 is 20.3 Å². The number of benzene rings is 1. The van der Waals surface area contributed by atoms with Crippen LogP contribution in [0.3, 0.4) is 0 Å². The van der Waals surface area contributed by atoms with Crippen LogP contribution in [0.4, 0.5) is 0 Å². The summed E-state index contributed by atoms with van der Waals surface area (Å²) in [5, 5.41) is 32.4. The van der Waals surface area contributed by atoms with Crippen LogP contribution in [0, 0.1) is 11.8 Å². The highest BCUT2D eigenvalue weighted by atomic mass is 16.3. The number of aromatic nitrogens is 1. The van der Waals surface area contributed by atoms with E-state index in [4.69, 9.17) is 0 Å². The van der Waals surface area contributed by atoms with E-state index in [1.807, 2.05) is 13.0 Å². The first-order chi connectivity index (χ1) is 11.6. The molecular formula is C19H22N2O3. The van der Waals surface area contributed by atoms with Gasteiger partial charge in [-0.3, -0.25) is 4.90 Å². The molecule has 0 saturated carbocycles. The second kappa shape index (κ2) is 4.63. The zero-order chi connectivity index (χ0) is 16.6. The molecule has 0 radical (unpaired) electrons.